The summed E-state index contributed by atoms with van der Waals surface area (Å²) in [6.45, 7) is 5.39. The number of hydrogen-bond acceptors (Lipinski definition) is 5. The number of amides is 2. The second-order valence-corrected chi connectivity index (χ2v) is 9.76. The molecular weight excluding hydrogens is 414 g/mol. The molecule has 4 rings (SSSR count). The molecule has 0 saturated carbocycles. The fourth-order valence-electron chi connectivity index (χ4n) is 3.71. The fraction of sp³-hybridized carbons (Fsp3) is 0.348. The summed E-state index contributed by atoms with van der Waals surface area (Å²) in [5, 5.41) is 7.83. The van der Waals surface area contributed by atoms with Gasteiger partial charge in [-0.15, -0.1) is 11.3 Å². The molecule has 0 aliphatic carbocycles. The average molecular weight is 440 g/mol. The highest BCUT2D eigenvalue weighted by Crippen LogP contribution is 2.29. The average Bonchev–Trinajstić information content (AvgIpc) is 3.39. The molecule has 0 spiro atoms. The molecule has 0 atom stereocenters. The van der Waals surface area contributed by atoms with E-state index in [-0.39, 0.29) is 17.9 Å². The molecule has 1 N–H and O–H groups in total. The van der Waals surface area contributed by atoms with Crippen LogP contribution in [0.25, 0.3) is 11.3 Å². The smallest absolute Gasteiger partial charge is 0.252 e. The van der Waals surface area contributed by atoms with Gasteiger partial charge in [0.1, 0.15) is 0 Å². The monoisotopic (exact) mass is 439 g/mol. The van der Waals surface area contributed by atoms with E-state index in [4.69, 9.17) is 0 Å². The van der Waals surface area contributed by atoms with Gasteiger partial charge in [0, 0.05) is 40.5 Å². The maximum atomic E-state index is 12.9. The van der Waals surface area contributed by atoms with Gasteiger partial charge < -0.3 is 10.2 Å². The van der Waals surface area contributed by atoms with Gasteiger partial charge in [-0.3, -0.25) is 9.59 Å². The summed E-state index contributed by atoms with van der Waals surface area (Å²) in [6, 6.07) is 10.2. The molecular formula is C23H25N3O2S2. The van der Waals surface area contributed by atoms with Crippen molar-refractivity contribution in [3.05, 3.63) is 62.1 Å². The molecule has 30 heavy (non-hydrogen) atoms. The Morgan fingerprint density at radius 1 is 1.13 bits per heavy atom. The van der Waals surface area contributed by atoms with E-state index in [0.29, 0.717) is 25.1 Å². The van der Waals surface area contributed by atoms with Gasteiger partial charge in [0.2, 0.25) is 5.91 Å². The zero-order chi connectivity index (χ0) is 21.1. The number of rotatable bonds is 5. The van der Waals surface area contributed by atoms with Crippen LogP contribution in [0.1, 0.15) is 38.6 Å². The molecule has 0 bridgehead atoms. The lowest BCUT2D eigenvalue weighted by atomic mass is 10.0. The van der Waals surface area contributed by atoms with Crippen molar-refractivity contribution in [2.45, 2.75) is 39.2 Å². The Kier molecular flexibility index (Phi) is 6.29. The summed E-state index contributed by atoms with van der Waals surface area (Å²) in [5.74, 6) is 0.110. The van der Waals surface area contributed by atoms with Crippen LogP contribution in [-0.4, -0.2) is 40.8 Å². The number of thiazole rings is 1. The van der Waals surface area contributed by atoms with E-state index in [2.05, 4.69) is 41.5 Å². The second-order valence-electron chi connectivity index (χ2n) is 7.69. The highest BCUT2D eigenvalue weighted by Gasteiger charge is 2.25. The number of piperidine rings is 1. The number of likely N-dealkylation sites (tertiary alicyclic amines) is 1. The first-order valence-electron chi connectivity index (χ1n) is 10.1. The Labute approximate surface area is 184 Å². The topological polar surface area (TPSA) is 62.3 Å². The largest absolute Gasteiger partial charge is 0.349 e. The van der Waals surface area contributed by atoms with E-state index in [1.54, 1.807) is 11.3 Å². The van der Waals surface area contributed by atoms with Crippen molar-refractivity contribution in [1.82, 2.24) is 15.2 Å². The standard InChI is InChI=1S/C23H25N3O2S2/c1-15-3-5-17(6-4-15)22-20(30-16(2)24-22)13-21(27)26-10-7-19(8-11-26)25-23(28)18-9-12-29-14-18/h3-6,9,12,14,19H,7-8,10-11,13H2,1-2H3,(H,25,28). The minimum Gasteiger partial charge on any atom is -0.349 e. The number of carbonyl (C=O) groups is 2. The van der Waals surface area contributed by atoms with Crippen LogP contribution in [0.2, 0.25) is 0 Å². The summed E-state index contributed by atoms with van der Waals surface area (Å²) in [4.78, 5) is 32.8. The van der Waals surface area contributed by atoms with Crippen LogP contribution in [0.4, 0.5) is 0 Å². The van der Waals surface area contributed by atoms with Gasteiger partial charge in [0.15, 0.2) is 0 Å². The predicted octanol–water partition coefficient (Wildman–Crippen LogP) is 4.45. The highest BCUT2D eigenvalue weighted by atomic mass is 32.1. The van der Waals surface area contributed by atoms with E-state index in [1.807, 2.05) is 28.7 Å². The van der Waals surface area contributed by atoms with Crippen molar-refractivity contribution in [2.24, 2.45) is 0 Å². The number of nitrogens with zero attached hydrogens (tertiary/aromatic N) is 2. The second kappa shape index (κ2) is 9.10. The molecule has 3 heterocycles. The van der Waals surface area contributed by atoms with Crippen LogP contribution in [-0.2, 0) is 11.2 Å². The van der Waals surface area contributed by atoms with Gasteiger partial charge in [-0.05, 0) is 38.1 Å². The van der Waals surface area contributed by atoms with E-state index >= 15 is 0 Å². The maximum absolute atomic E-state index is 12.9. The van der Waals surface area contributed by atoms with Crippen LogP contribution >= 0.6 is 22.7 Å². The van der Waals surface area contributed by atoms with Crippen molar-refractivity contribution in [2.75, 3.05) is 13.1 Å². The fourth-order valence-corrected chi connectivity index (χ4v) is 5.30. The minimum atomic E-state index is -0.0242. The van der Waals surface area contributed by atoms with E-state index in [1.165, 1.54) is 16.9 Å². The van der Waals surface area contributed by atoms with Crippen molar-refractivity contribution < 1.29 is 9.59 Å². The van der Waals surface area contributed by atoms with E-state index < -0.39 is 0 Å². The van der Waals surface area contributed by atoms with Crippen molar-refractivity contribution in [3.8, 4) is 11.3 Å². The Morgan fingerprint density at radius 3 is 2.53 bits per heavy atom. The van der Waals surface area contributed by atoms with Gasteiger partial charge in [0.25, 0.3) is 5.91 Å². The third-order valence-electron chi connectivity index (χ3n) is 5.41. The van der Waals surface area contributed by atoms with Gasteiger partial charge in [-0.1, -0.05) is 29.8 Å². The zero-order valence-electron chi connectivity index (χ0n) is 17.2. The number of thiophene rings is 1. The van der Waals surface area contributed by atoms with Crippen LogP contribution in [0.15, 0.2) is 41.1 Å². The molecule has 2 aromatic heterocycles. The number of carbonyl (C=O) groups excluding carboxylic acids is 2. The number of aryl methyl sites for hydroxylation is 2. The number of nitrogens with one attached hydrogen (secondary N) is 1. The summed E-state index contributed by atoms with van der Waals surface area (Å²) >= 11 is 3.12. The van der Waals surface area contributed by atoms with Crippen LogP contribution in [0, 0.1) is 13.8 Å². The quantitative estimate of drug-likeness (QED) is 0.639. The SMILES string of the molecule is Cc1ccc(-c2nc(C)sc2CC(=O)N2CCC(NC(=O)c3ccsc3)CC2)cc1. The molecule has 2 amide bonds. The van der Waals surface area contributed by atoms with Gasteiger partial charge in [-0.25, -0.2) is 4.98 Å². The Hall–Kier alpha value is -2.51. The minimum absolute atomic E-state index is 0.0242. The van der Waals surface area contributed by atoms with Crippen LogP contribution in [0.3, 0.4) is 0 Å². The lowest BCUT2D eigenvalue weighted by Crippen LogP contribution is -2.46. The molecule has 7 heteroatoms. The first kappa shape index (κ1) is 20.8. The normalized spacial score (nSPS) is 14.7. The lowest BCUT2D eigenvalue weighted by molar-refractivity contribution is -0.131. The maximum Gasteiger partial charge on any atom is 0.252 e. The molecule has 156 valence electrons. The summed E-state index contributed by atoms with van der Waals surface area (Å²) in [7, 11) is 0. The van der Waals surface area contributed by atoms with Crippen LogP contribution in [0.5, 0.6) is 0 Å². The van der Waals surface area contributed by atoms with E-state index in [0.717, 1.165) is 34.0 Å². The number of hydrogen-bond donors (Lipinski definition) is 1. The first-order chi connectivity index (χ1) is 14.5. The Balaban J connectivity index is 1.35. The molecule has 0 radical (unpaired) electrons. The molecule has 1 saturated heterocycles. The Morgan fingerprint density at radius 2 is 1.87 bits per heavy atom. The highest BCUT2D eigenvalue weighted by molar-refractivity contribution is 7.12. The van der Waals surface area contributed by atoms with Crippen LogP contribution < -0.4 is 5.32 Å². The summed E-state index contributed by atoms with van der Waals surface area (Å²) in [5.41, 5.74) is 3.89. The third-order valence-corrected chi connectivity index (χ3v) is 7.06. The van der Waals surface area contributed by atoms with Gasteiger partial charge in [0.05, 0.1) is 17.1 Å². The molecule has 1 aliphatic rings. The van der Waals surface area contributed by atoms with Gasteiger partial charge >= 0.3 is 0 Å². The first-order valence-corrected chi connectivity index (χ1v) is 11.9. The number of benzene rings is 1. The third kappa shape index (κ3) is 4.79. The van der Waals surface area contributed by atoms with Crippen molar-refractivity contribution in [1.29, 1.82) is 0 Å². The van der Waals surface area contributed by atoms with E-state index in [9.17, 15) is 9.59 Å². The molecule has 5 nitrogen and oxygen atoms in total. The van der Waals surface area contributed by atoms with Crippen molar-refractivity contribution in [3.63, 3.8) is 0 Å². The summed E-state index contributed by atoms with van der Waals surface area (Å²) < 4.78 is 0. The number of aromatic nitrogens is 1. The molecule has 1 fully saturated rings. The molecule has 3 aromatic rings. The lowest BCUT2D eigenvalue weighted by Gasteiger charge is -2.32. The molecule has 1 aliphatic heterocycles. The Bertz CT molecular complexity index is 1020. The van der Waals surface area contributed by atoms with Crippen molar-refractivity contribution >= 4 is 34.5 Å². The molecule has 0 unspecified atom stereocenters. The zero-order valence-corrected chi connectivity index (χ0v) is 18.8. The summed E-state index contributed by atoms with van der Waals surface area (Å²) in [6.07, 6.45) is 1.95. The predicted molar refractivity (Wildman–Crippen MR) is 122 cm³/mol. The van der Waals surface area contributed by atoms with Gasteiger partial charge in [-0.2, -0.15) is 11.3 Å². The molecule has 1 aromatic carbocycles.